The van der Waals surface area contributed by atoms with Crippen molar-refractivity contribution in [2.24, 2.45) is 11.8 Å². The monoisotopic (exact) mass is 257 g/mol. The third-order valence-electron chi connectivity index (χ3n) is 4.02. The number of nitrogen functional groups attached to an aromatic ring is 1. The molecule has 19 heavy (non-hydrogen) atoms. The molecule has 4 rings (SSSR count). The van der Waals surface area contributed by atoms with Crippen LogP contribution in [0.2, 0.25) is 0 Å². The van der Waals surface area contributed by atoms with Crippen LogP contribution in [-0.4, -0.2) is 18.1 Å². The number of hydrogen-bond acceptors (Lipinski definition) is 4. The Morgan fingerprint density at radius 2 is 1.84 bits per heavy atom. The zero-order chi connectivity index (χ0) is 12.8. The molecule has 1 aromatic carbocycles. The second-order valence-electron chi connectivity index (χ2n) is 6.02. The Bertz CT molecular complexity index is 584. The van der Waals surface area contributed by atoms with Gasteiger partial charge >= 0.3 is 0 Å². The van der Waals surface area contributed by atoms with Crippen LogP contribution < -0.4 is 10.6 Å². The highest BCUT2D eigenvalue weighted by atomic mass is 16.4. The van der Waals surface area contributed by atoms with Gasteiger partial charge in [-0.25, -0.2) is 0 Å². The van der Waals surface area contributed by atoms with Crippen LogP contribution in [0.15, 0.2) is 22.6 Å². The van der Waals surface area contributed by atoms with Crippen molar-refractivity contribution in [3.8, 4) is 0 Å². The molecule has 0 spiro atoms. The summed E-state index contributed by atoms with van der Waals surface area (Å²) in [7, 11) is 0. The lowest BCUT2D eigenvalue weighted by molar-refractivity contribution is 0.545. The first-order chi connectivity index (χ1) is 9.28. The molecule has 0 amide bonds. The molecule has 2 fully saturated rings. The Morgan fingerprint density at radius 3 is 2.47 bits per heavy atom. The quantitative estimate of drug-likeness (QED) is 0.836. The second kappa shape index (κ2) is 4.15. The van der Waals surface area contributed by atoms with Crippen molar-refractivity contribution in [3.63, 3.8) is 0 Å². The molecule has 1 aromatic heterocycles. The van der Waals surface area contributed by atoms with Crippen LogP contribution in [0.25, 0.3) is 11.1 Å². The summed E-state index contributed by atoms with van der Waals surface area (Å²) >= 11 is 0. The van der Waals surface area contributed by atoms with Crippen molar-refractivity contribution < 1.29 is 4.42 Å². The van der Waals surface area contributed by atoms with Crippen molar-refractivity contribution >= 4 is 22.8 Å². The molecule has 4 heteroatoms. The van der Waals surface area contributed by atoms with Crippen molar-refractivity contribution in [2.45, 2.75) is 25.7 Å². The fraction of sp³-hybridized carbons (Fsp3) is 0.533. The molecule has 0 bridgehead atoms. The Kier molecular flexibility index (Phi) is 2.43. The molecule has 2 saturated carbocycles. The van der Waals surface area contributed by atoms with Crippen molar-refractivity contribution in [3.05, 3.63) is 18.2 Å². The summed E-state index contributed by atoms with van der Waals surface area (Å²) in [6.07, 6.45) is 5.42. The topological polar surface area (TPSA) is 55.3 Å². The summed E-state index contributed by atoms with van der Waals surface area (Å²) in [5, 5.41) is 0. The molecule has 0 saturated heterocycles. The third-order valence-corrected chi connectivity index (χ3v) is 4.02. The lowest BCUT2D eigenvalue weighted by Crippen LogP contribution is -2.28. The Balaban J connectivity index is 1.63. The summed E-state index contributed by atoms with van der Waals surface area (Å²) in [6, 6.07) is 6.45. The zero-order valence-corrected chi connectivity index (χ0v) is 11.0. The molecule has 2 aromatic rings. The van der Waals surface area contributed by atoms with Gasteiger partial charge < -0.3 is 15.1 Å². The number of nitrogens with two attached hydrogens (primary N) is 1. The molecule has 1 heterocycles. The van der Waals surface area contributed by atoms with Gasteiger partial charge in [0.2, 0.25) is 0 Å². The van der Waals surface area contributed by atoms with Crippen molar-refractivity contribution in [2.75, 3.05) is 23.7 Å². The number of anilines is 2. The van der Waals surface area contributed by atoms with Crippen LogP contribution in [-0.2, 0) is 0 Å². The van der Waals surface area contributed by atoms with Gasteiger partial charge in [-0.3, -0.25) is 0 Å². The first kappa shape index (κ1) is 11.1. The molecular weight excluding hydrogens is 238 g/mol. The first-order valence-corrected chi connectivity index (χ1v) is 7.19. The Morgan fingerprint density at radius 1 is 1.16 bits per heavy atom. The van der Waals surface area contributed by atoms with Gasteiger partial charge in [0.25, 0.3) is 6.01 Å². The van der Waals surface area contributed by atoms with E-state index < -0.39 is 0 Å². The predicted octanol–water partition coefficient (Wildman–Crippen LogP) is 3.04. The molecule has 0 atom stereocenters. The standard InChI is InChI=1S/C15H19N3O/c16-12-5-6-13-14(7-12)19-15(17-13)18(8-10-1-2-10)9-11-3-4-11/h5-7,10-11H,1-4,8-9,16H2. The molecule has 2 aliphatic carbocycles. The van der Waals surface area contributed by atoms with Crippen LogP contribution >= 0.6 is 0 Å². The number of fused-ring (bicyclic) bond motifs is 1. The van der Waals surface area contributed by atoms with Gasteiger partial charge in [-0.05, 0) is 49.7 Å². The van der Waals surface area contributed by atoms with Crippen LogP contribution in [0.1, 0.15) is 25.7 Å². The van der Waals surface area contributed by atoms with Gasteiger partial charge in [-0.2, -0.15) is 4.98 Å². The minimum Gasteiger partial charge on any atom is -0.423 e. The largest absolute Gasteiger partial charge is 0.423 e. The lowest BCUT2D eigenvalue weighted by atomic mass is 10.3. The molecular formula is C15H19N3O. The van der Waals surface area contributed by atoms with Gasteiger partial charge in [0.1, 0.15) is 5.52 Å². The van der Waals surface area contributed by atoms with Gasteiger partial charge in [-0.1, -0.05) is 0 Å². The molecule has 4 nitrogen and oxygen atoms in total. The Labute approximate surface area is 112 Å². The number of aromatic nitrogens is 1. The summed E-state index contributed by atoms with van der Waals surface area (Å²) in [5.41, 5.74) is 8.22. The molecule has 2 N–H and O–H groups in total. The summed E-state index contributed by atoms with van der Waals surface area (Å²) in [4.78, 5) is 6.96. The van der Waals surface area contributed by atoms with E-state index in [1.807, 2.05) is 18.2 Å². The molecule has 2 aliphatic rings. The average molecular weight is 257 g/mol. The maximum Gasteiger partial charge on any atom is 0.298 e. The number of rotatable bonds is 5. The summed E-state index contributed by atoms with van der Waals surface area (Å²) in [5.74, 6) is 1.69. The predicted molar refractivity (Wildman–Crippen MR) is 76.1 cm³/mol. The highest BCUT2D eigenvalue weighted by molar-refractivity contribution is 5.78. The van der Waals surface area contributed by atoms with E-state index in [0.29, 0.717) is 0 Å². The van der Waals surface area contributed by atoms with E-state index in [1.54, 1.807) is 0 Å². The van der Waals surface area contributed by atoms with Crippen molar-refractivity contribution in [1.29, 1.82) is 0 Å². The number of benzene rings is 1. The van der Waals surface area contributed by atoms with Crippen LogP contribution in [0, 0.1) is 11.8 Å². The molecule has 0 aliphatic heterocycles. The Hall–Kier alpha value is -1.71. The van der Waals surface area contributed by atoms with E-state index in [0.717, 1.165) is 47.7 Å². The maximum absolute atomic E-state index is 5.90. The average Bonchev–Trinajstić information content (AvgIpc) is 3.30. The lowest BCUT2D eigenvalue weighted by Gasteiger charge is -2.19. The van der Waals surface area contributed by atoms with Crippen molar-refractivity contribution in [1.82, 2.24) is 4.98 Å². The fourth-order valence-electron chi connectivity index (χ4n) is 2.52. The minimum atomic E-state index is 0.728. The van der Waals surface area contributed by atoms with Crippen LogP contribution in [0.4, 0.5) is 11.7 Å². The van der Waals surface area contributed by atoms with E-state index >= 15 is 0 Å². The second-order valence-corrected chi connectivity index (χ2v) is 6.02. The number of nitrogens with zero attached hydrogens (tertiary/aromatic N) is 2. The number of hydrogen-bond donors (Lipinski definition) is 1. The summed E-state index contributed by atoms with van der Waals surface area (Å²) in [6.45, 7) is 2.19. The number of oxazole rings is 1. The van der Waals surface area contributed by atoms with Gasteiger partial charge in [0, 0.05) is 24.8 Å². The van der Waals surface area contributed by atoms with Crippen LogP contribution in [0.5, 0.6) is 0 Å². The minimum absolute atomic E-state index is 0.728. The first-order valence-electron chi connectivity index (χ1n) is 7.19. The third kappa shape index (κ3) is 2.39. The SMILES string of the molecule is Nc1ccc2nc(N(CC3CC3)CC3CC3)oc2c1. The van der Waals surface area contributed by atoms with E-state index in [4.69, 9.17) is 10.2 Å². The van der Waals surface area contributed by atoms with E-state index in [2.05, 4.69) is 9.88 Å². The maximum atomic E-state index is 5.90. The molecule has 100 valence electrons. The van der Waals surface area contributed by atoms with E-state index in [1.165, 1.54) is 25.7 Å². The highest BCUT2D eigenvalue weighted by Crippen LogP contribution is 2.36. The zero-order valence-electron chi connectivity index (χ0n) is 11.0. The van der Waals surface area contributed by atoms with Crippen LogP contribution in [0.3, 0.4) is 0 Å². The van der Waals surface area contributed by atoms with Gasteiger partial charge in [0.05, 0.1) is 0 Å². The summed E-state index contributed by atoms with van der Waals surface area (Å²) < 4.78 is 5.90. The van der Waals surface area contributed by atoms with Gasteiger partial charge in [-0.15, -0.1) is 0 Å². The van der Waals surface area contributed by atoms with Gasteiger partial charge in [0.15, 0.2) is 5.58 Å². The smallest absolute Gasteiger partial charge is 0.298 e. The normalized spacial score (nSPS) is 18.9. The van der Waals surface area contributed by atoms with E-state index in [-0.39, 0.29) is 0 Å². The highest BCUT2D eigenvalue weighted by Gasteiger charge is 2.31. The molecule has 0 radical (unpaired) electrons. The van der Waals surface area contributed by atoms with E-state index in [9.17, 15) is 0 Å². The fourth-order valence-corrected chi connectivity index (χ4v) is 2.52. The molecule has 0 unspecified atom stereocenters.